The lowest BCUT2D eigenvalue weighted by Gasteiger charge is -2.31. The van der Waals surface area contributed by atoms with Gasteiger partial charge in [0.2, 0.25) is 5.91 Å². The van der Waals surface area contributed by atoms with E-state index in [-0.39, 0.29) is 11.8 Å². The molecule has 0 bridgehead atoms. The molecule has 1 saturated heterocycles. The number of amides is 1. The first-order valence-corrected chi connectivity index (χ1v) is 4.81. The number of carbonyl (C=O) groups excluding carboxylic acids is 1. The summed E-state index contributed by atoms with van der Waals surface area (Å²) in [6.45, 7) is 2.01. The largest absolute Gasteiger partial charge is 0.342 e. The van der Waals surface area contributed by atoms with Crippen molar-refractivity contribution in [2.45, 2.75) is 18.9 Å². The fourth-order valence-corrected chi connectivity index (χ4v) is 1.68. The van der Waals surface area contributed by atoms with Crippen LogP contribution in [0.3, 0.4) is 0 Å². The van der Waals surface area contributed by atoms with Crippen LogP contribution in [0.2, 0.25) is 0 Å². The molecule has 4 heteroatoms. The topological polar surface area (TPSA) is 32.3 Å². The van der Waals surface area contributed by atoms with Gasteiger partial charge < -0.3 is 10.2 Å². The Morgan fingerprint density at radius 2 is 2.17 bits per heavy atom. The Morgan fingerprint density at radius 3 is 2.67 bits per heavy atom. The summed E-state index contributed by atoms with van der Waals surface area (Å²) in [7, 11) is 1.83. The highest BCUT2D eigenvalue weighted by Crippen LogP contribution is 2.09. The Morgan fingerprint density at radius 1 is 1.58 bits per heavy atom. The number of nitrogens with one attached hydrogen (secondary N) is 1. The zero-order chi connectivity index (χ0) is 8.97. The van der Waals surface area contributed by atoms with E-state index in [0.29, 0.717) is 6.04 Å². The Hall–Kier alpha value is -0.280. The molecule has 1 amide bonds. The number of rotatable bonds is 2. The van der Waals surface area contributed by atoms with Gasteiger partial charge in [-0.1, -0.05) is 0 Å². The molecule has 1 N–H and O–H groups in total. The highest BCUT2D eigenvalue weighted by atomic mass is 35.5. The molecule has 1 fully saturated rings. The third kappa shape index (κ3) is 2.35. The van der Waals surface area contributed by atoms with E-state index in [2.05, 4.69) is 5.32 Å². The molecule has 1 heterocycles. The van der Waals surface area contributed by atoms with Crippen molar-refractivity contribution in [2.75, 3.05) is 26.0 Å². The molecule has 3 nitrogen and oxygen atoms in total. The van der Waals surface area contributed by atoms with Crippen LogP contribution < -0.4 is 5.32 Å². The highest BCUT2D eigenvalue weighted by molar-refractivity contribution is 6.27. The summed E-state index contributed by atoms with van der Waals surface area (Å²) in [4.78, 5) is 13.0. The van der Waals surface area contributed by atoms with Crippen LogP contribution in [0, 0.1) is 0 Å². The number of halogens is 1. The van der Waals surface area contributed by atoms with Gasteiger partial charge in [-0.05, 0) is 25.9 Å². The van der Waals surface area contributed by atoms with Crippen molar-refractivity contribution in [3.63, 3.8) is 0 Å². The normalized spacial score (nSPS) is 19.2. The van der Waals surface area contributed by atoms with Crippen molar-refractivity contribution < 1.29 is 4.79 Å². The fourth-order valence-electron chi connectivity index (χ4n) is 1.49. The maximum atomic E-state index is 11.2. The number of nitrogens with zero attached hydrogens (tertiary/aromatic N) is 1. The number of piperidine rings is 1. The predicted octanol–water partition coefficient (Wildman–Crippen LogP) is 0.436. The van der Waals surface area contributed by atoms with Gasteiger partial charge in [0.15, 0.2) is 0 Å². The molecule has 0 aromatic rings. The lowest BCUT2D eigenvalue weighted by molar-refractivity contribution is -0.129. The summed E-state index contributed by atoms with van der Waals surface area (Å²) in [5.41, 5.74) is 0. The first kappa shape index (κ1) is 9.81. The predicted molar refractivity (Wildman–Crippen MR) is 49.4 cm³/mol. The second kappa shape index (κ2) is 4.67. The van der Waals surface area contributed by atoms with Crippen LogP contribution in [-0.2, 0) is 4.79 Å². The average Bonchev–Trinajstić information content (AvgIpc) is 2.17. The van der Waals surface area contributed by atoms with Gasteiger partial charge in [0, 0.05) is 13.1 Å². The van der Waals surface area contributed by atoms with Crippen molar-refractivity contribution in [2.24, 2.45) is 0 Å². The van der Waals surface area contributed by atoms with Crippen molar-refractivity contribution in [1.29, 1.82) is 0 Å². The van der Waals surface area contributed by atoms with Gasteiger partial charge in [-0.2, -0.15) is 0 Å². The number of hydrogen-bond donors (Lipinski definition) is 1. The molecule has 0 atom stereocenters. The highest BCUT2D eigenvalue weighted by Gasteiger charge is 2.20. The van der Waals surface area contributed by atoms with E-state index in [4.69, 9.17) is 11.6 Å². The van der Waals surface area contributed by atoms with Gasteiger partial charge in [0.1, 0.15) is 5.88 Å². The van der Waals surface area contributed by atoms with E-state index in [1.165, 1.54) is 0 Å². The molecule has 12 heavy (non-hydrogen) atoms. The number of alkyl halides is 1. The van der Waals surface area contributed by atoms with E-state index >= 15 is 0 Å². The zero-order valence-electron chi connectivity index (χ0n) is 7.35. The van der Waals surface area contributed by atoms with Gasteiger partial charge >= 0.3 is 0 Å². The van der Waals surface area contributed by atoms with Crippen LogP contribution in [0.15, 0.2) is 0 Å². The molecule has 70 valence electrons. The molecule has 0 saturated carbocycles. The molecule has 1 aliphatic heterocycles. The quantitative estimate of drug-likeness (QED) is 0.641. The molecule has 0 aromatic carbocycles. The average molecular weight is 191 g/mol. The second-order valence-electron chi connectivity index (χ2n) is 3.12. The minimum Gasteiger partial charge on any atom is -0.342 e. The van der Waals surface area contributed by atoms with Gasteiger partial charge in [0.05, 0.1) is 0 Å². The molecule has 0 aliphatic carbocycles. The molecule has 0 radical (unpaired) electrons. The third-order valence-electron chi connectivity index (χ3n) is 2.36. The number of carbonyl (C=O) groups is 1. The smallest absolute Gasteiger partial charge is 0.237 e. The van der Waals surface area contributed by atoms with Gasteiger partial charge in [-0.3, -0.25) is 4.79 Å². The molecule has 0 spiro atoms. The Bertz CT molecular complexity index is 157. The summed E-state index contributed by atoms with van der Waals surface area (Å²) < 4.78 is 0. The lowest BCUT2D eigenvalue weighted by atomic mass is 10.1. The maximum absolute atomic E-state index is 11.2. The summed E-state index contributed by atoms with van der Waals surface area (Å²) >= 11 is 5.46. The summed E-state index contributed by atoms with van der Waals surface area (Å²) in [6.07, 6.45) is 2.08. The monoisotopic (exact) mass is 190 g/mol. The third-order valence-corrected chi connectivity index (χ3v) is 2.59. The molecule has 1 rings (SSSR count). The second-order valence-corrected chi connectivity index (χ2v) is 3.39. The van der Waals surface area contributed by atoms with Crippen molar-refractivity contribution in [3.8, 4) is 0 Å². The Labute approximate surface area is 78.1 Å². The van der Waals surface area contributed by atoms with Crippen LogP contribution in [0.25, 0.3) is 0 Å². The van der Waals surface area contributed by atoms with E-state index < -0.39 is 0 Å². The van der Waals surface area contributed by atoms with Crippen LogP contribution in [0.1, 0.15) is 12.8 Å². The molecule has 0 aromatic heterocycles. The minimum absolute atomic E-state index is 0.0311. The molecular weight excluding hydrogens is 176 g/mol. The minimum atomic E-state index is 0.0311. The maximum Gasteiger partial charge on any atom is 0.237 e. The van der Waals surface area contributed by atoms with E-state index in [1.807, 2.05) is 7.05 Å². The molecular formula is C8H15ClN2O. The van der Waals surface area contributed by atoms with Crippen LogP contribution in [0.4, 0.5) is 0 Å². The Balaban J connectivity index is 2.39. The van der Waals surface area contributed by atoms with Crippen molar-refractivity contribution >= 4 is 17.5 Å². The van der Waals surface area contributed by atoms with E-state index in [9.17, 15) is 4.79 Å². The summed E-state index contributed by atoms with van der Waals surface area (Å²) in [5, 5.41) is 3.26. The summed E-state index contributed by atoms with van der Waals surface area (Å²) in [5.74, 6) is 0.129. The van der Waals surface area contributed by atoms with Crippen LogP contribution >= 0.6 is 11.6 Å². The SMILES string of the molecule is CN(C(=O)CCl)C1CCNCC1. The zero-order valence-corrected chi connectivity index (χ0v) is 8.10. The van der Waals surface area contributed by atoms with Crippen molar-refractivity contribution in [1.82, 2.24) is 10.2 Å². The first-order chi connectivity index (χ1) is 5.75. The van der Waals surface area contributed by atoms with Gasteiger partial charge in [-0.25, -0.2) is 0 Å². The first-order valence-electron chi connectivity index (χ1n) is 4.28. The van der Waals surface area contributed by atoms with Gasteiger partial charge in [-0.15, -0.1) is 11.6 Å². The molecule has 1 aliphatic rings. The Kier molecular flexibility index (Phi) is 3.82. The van der Waals surface area contributed by atoms with E-state index in [1.54, 1.807) is 4.90 Å². The number of hydrogen-bond acceptors (Lipinski definition) is 2. The van der Waals surface area contributed by atoms with Crippen molar-refractivity contribution in [3.05, 3.63) is 0 Å². The van der Waals surface area contributed by atoms with E-state index in [0.717, 1.165) is 25.9 Å². The fraction of sp³-hybridized carbons (Fsp3) is 0.875. The van der Waals surface area contributed by atoms with Gasteiger partial charge in [0.25, 0.3) is 0 Å². The molecule has 0 unspecified atom stereocenters. The van der Waals surface area contributed by atoms with Crippen LogP contribution in [-0.4, -0.2) is 42.9 Å². The van der Waals surface area contributed by atoms with Crippen LogP contribution in [0.5, 0.6) is 0 Å². The summed E-state index contributed by atoms with van der Waals surface area (Å²) in [6, 6.07) is 0.387. The standard InChI is InChI=1S/C8H15ClN2O/c1-11(8(12)6-9)7-2-4-10-5-3-7/h7,10H,2-6H2,1H3. The lowest BCUT2D eigenvalue weighted by Crippen LogP contribution is -2.44.